The maximum absolute atomic E-state index is 11.5. The van der Waals surface area contributed by atoms with Gasteiger partial charge in [0, 0.05) is 18.7 Å². The van der Waals surface area contributed by atoms with E-state index in [0.29, 0.717) is 24.2 Å². The Hall–Kier alpha value is -1.95. The molecule has 100 valence electrons. The van der Waals surface area contributed by atoms with E-state index in [9.17, 15) is 4.79 Å². The molecule has 0 amide bonds. The van der Waals surface area contributed by atoms with Crippen molar-refractivity contribution in [1.82, 2.24) is 0 Å². The van der Waals surface area contributed by atoms with E-state index in [-0.39, 0.29) is 30.9 Å². The fraction of sp³-hybridized carbons (Fsp3) is 0.273. The number of anilines is 1. The lowest BCUT2D eigenvalue weighted by Crippen LogP contribution is -2.23. The number of ether oxygens (including phenoxy) is 1. The molecular formula is C11H17ClN4O2. The average molecular weight is 273 g/mol. The monoisotopic (exact) mass is 272 g/mol. The number of guanidine groups is 1. The Kier molecular flexibility index (Phi) is 7.30. The molecule has 1 aromatic carbocycles. The van der Waals surface area contributed by atoms with Crippen LogP contribution in [0, 0.1) is 0 Å². The van der Waals surface area contributed by atoms with Crippen LogP contribution in [0.25, 0.3) is 0 Å². The highest BCUT2D eigenvalue weighted by molar-refractivity contribution is 5.89. The molecule has 0 bridgehead atoms. The molecule has 1 rings (SSSR count). The van der Waals surface area contributed by atoms with Crippen LogP contribution in [0.1, 0.15) is 16.8 Å². The standard InChI is InChI=1S/C11H16N4O2.ClH/c12-9-4-2-8(3-5-9)10(16)17-7-1-6-15-11(13)14;/h2-5H,1,6-7,12H2,(H4,13,14,15);1H. The van der Waals surface area contributed by atoms with E-state index < -0.39 is 0 Å². The number of rotatable bonds is 5. The van der Waals surface area contributed by atoms with Crippen molar-refractivity contribution >= 4 is 30.0 Å². The molecule has 0 radical (unpaired) electrons. The number of nitrogens with zero attached hydrogens (tertiary/aromatic N) is 1. The first-order chi connectivity index (χ1) is 8.09. The highest BCUT2D eigenvalue weighted by Crippen LogP contribution is 2.06. The van der Waals surface area contributed by atoms with Gasteiger partial charge in [-0.1, -0.05) is 0 Å². The zero-order valence-electron chi connectivity index (χ0n) is 9.83. The summed E-state index contributed by atoms with van der Waals surface area (Å²) in [6.07, 6.45) is 0.582. The Morgan fingerprint density at radius 3 is 2.39 bits per heavy atom. The summed E-state index contributed by atoms with van der Waals surface area (Å²) >= 11 is 0. The van der Waals surface area contributed by atoms with Gasteiger partial charge in [0.05, 0.1) is 12.2 Å². The van der Waals surface area contributed by atoms with Gasteiger partial charge in [0.15, 0.2) is 5.96 Å². The summed E-state index contributed by atoms with van der Waals surface area (Å²) in [6, 6.07) is 6.54. The van der Waals surface area contributed by atoms with E-state index in [1.54, 1.807) is 24.3 Å². The smallest absolute Gasteiger partial charge is 0.338 e. The third-order valence-electron chi connectivity index (χ3n) is 1.98. The zero-order chi connectivity index (χ0) is 12.7. The summed E-state index contributed by atoms with van der Waals surface area (Å²) in [4.78, 5) is 15.3. The maximum atomic E-state index is 11.5. The molecule has 0 fully saturated rings. The van der Waals surface area contributed by atoms with Crippen LogP contribution in [-0.2, 0) is 4.74 Å². The van der Waals surface area contributed by atoms with Crippen LogP contribution in [0.5, 0.6) is 0 Å². The number of halogens is 1. The van der Waals surface area contributed by atoms with E-state index in [2.05, 4.69) is 4.99 Å². The molecule has 0 aromatic heterocycles. The van der Waals surface area contributed by atoms with Gasteiger partial charge in [-0.2, -0.15) is 0 Å². The number of carbonyl (C=O) groups is 1. The van der Waals surface area contributed by atoms with E-state index in [1.165, 1.54) is 0 Å². The summed E-state index contributed by atoms with van der Waals surface area (Å²) in [7, 11) is 0. The van der Waals surface area contributed by atoms with Crippen molar-refractivity contribution in [3.8, 4) is 0 Å². The third-order valence-corrected chi connectivity index (χ3v) is 1.98. The first kappa shape index (κ1) is 16.1. The second kappa shape index (κ2) is 8.19. The van der Waals surface area contributed by atoms with E-state index >= 15 is 0 Å². The predicted octanol–water partition coefficient (Wildman–Crippen LogP) is 0.511. The lowest BCUT2D eigenvalue weighted by molar-refractivity contribution is 0.0503. The predicted molar refractivity (Wildman–Crippen MR) is 73.7 cm³/mol. The van der Waals surface area contributed by atoms with Crippen molar-refractivity contribution in [3.63, 3.8) is 0 Å². The molecule has 0 unspecified atom stereocenters. The van der Waals surface area contributed by atoms with Crippen LogP contribution in [-0.4, -0.2) is 25.1 Å². The van der Waals surface area contributed by atoms with Gasteiger partial charge in [-0.15, -0.1) is 12.4 Å². The normalized spacial score (nSPS) is 9.11. The summed E-state index contributed by atoms with van der Waals surface area (Å²) in [5.41, 5.74) is 16.9. The first-order valence-corrected chi connectivity index (χ1v) is 5.17. The number of hydrogen-bond donors (Lipinski definition) is 3. The van der Waals surface area contributed by atoms with E-state index in [4.69, 9.17) is 21.9 Å². The second-order valence-electron chi connectivity index (χ2n) is 3.42. The molecule has 0 atom stereocenters. The summed E-state index contributed by atoms with van der Waals surface area (Å²) < 4.78 is 5.02. The molecule has 0 saturated carbocycles. The van der Waals surface area contributed by atoms with Crippen LogP contribution in [0.4, 0.5) is 5.69 Å². The zero-order valence-corrected chi connectivity index (χ0v) is 10.7. The number of hydrogen-bond acceptors (Lipinski definition) is 4. The molecular weight excluding hydrogens is 256 g/mol. The van der Waals surface area contributed by atoms with Crippen molar-refractivity contribution < 1.29 is 9.53 Å². The lowest BCUT2D eigenvalue weighted by Gasteiger charge is -2.03. The van der Waals surface area contributed by atoms with Crippen LogP contribution < -0.4 is 17.2 Å². The highest BCUT2D eigenvalue weighted by atomic mass is 35.5. The van der Waals surface area contributed by atoms with Gasteiger partial charge >= 0.3 is 5.97 Å². The van der Waals surface area contributed by atoms with Gasteiger partial charge in [0.1, 0.15) is 0 Å². The van der Waals surface area contributed by atoms with Gasteiger partial charge in [0.2, 0.25) is 0 Å². The number of esters is 1. The minimum atomic E-state index is -0.380. The van der Waals surface area contributed by atoms with E-state index in [1.807, 2.05) is 0 Å². The minimum absolute atomic E-state index is 0. The van der Waals surface area contributed by atoms with Crippen molar-refractivity contribution in [2.45, 2.75) is 6.42 Å². The fourth-order valence-electron chi connectivity index (χ4n) is 1.14. The Labute approximate surface area is 112 Å². The van der Waals surface area contributed by atoms with Crippen LogP contribution in [0.15, 0.2) is 29.3 Å². The molecule has 6 nitrogen and oxygen atoms in total. The lowest BCUT2D eigenvalue weighted by atomic mass is 10.2. The van der Waals surface area contributed by atoms with Gasteiger partial charge < -0.3 is 21.9 Å². The van der Waals surface area contributed by atoms with Gasteiger partial charge in [-0.3, -0.25) is 4.99 Å². The summed E-state index contributed by atoms with van der Waals surface area (Å²) in [5.74, 6) is -0.343. The van der Waals surface area contributed by atoms with Crippen molar-refractivity contribution in [1.29, 1.82) is 0 Å². The average Bonchev–Trinajstić information content (AvgIpc) is 2.29. The number of nitrogen functional groups attached to an aromatic ring is 1. The fourth-order valence-corrected chi connectivity index (χ4v) is 1.14. The first-order valence-electron chi connectivity index (χ1n) is 5.17. The van der Waals surface area contributed by atoms with Crippen LogP contribution in [0.2, 0.25) is 0 Å². The molecule has 1 aromatic rings. The van der Waals surface area contributed by atoms with Crippen molar-refractivity contribution in [2.24, 2.45) is 16.5 Å². The number of benzene rings is 1. The summed E-state index contributed by atoms with van der Waals surface area (Å²) in [5, 5.41) is 0. The molecule has 0 saturated heterocycles. The molecule has 0 aliphatic rings. The van der Waals surface area contributed by atoms with Gasteiger partial charge in [-0.05, 0) is 24.3 Å². The van der Waals surface area contributed by atoms with Gasteiger partial charge in [0.25, 0.3) is 0 Å². The quantitative estimate of drug-likeness (QED) is 0.237. The van der Waals surface area contributed by atoms with Gasteiger partial charge in [-0.25, -0.2) is 4.79 Å². The Morgan fingerprint density at radius 1 is 1.22 bits per heavy atom. The van der Waals surface area contributed by atoms with Crippen LogP contribution >= 0.6 is 12.4 Å². The minimum Gasteiger partial charge on any atom is -0.462 e. The molecule has 6 N–H and O–H groups in total. The number of aliphatic imine (C=N–C) groups is 1. The molecule has 7 heteroatoms. The van der Waals surface area contributed by atoms with Crippen LogP contribution in [0.3, 0.4) is 0 Å². The SMILES string of the molecule is Cl.NC(N)=NCCCOC(=O)c1ccc(N)cc1. The van der Waals surface area contributed by atoms with Crippen molar-refractivity contribution in [3.05, 3.63) is 29.8 Å². The number of carbonyl (C=O) groups excluding carboxylic acids is 1. The Balaban J connectivity index is 0.00000289. The largest absolute Gasteiger partial charge is 0.462 e. The Morgan fingerprint density at radius 2 is 1.83 bits per heavy atom. The molecule has 0 aliphatic heterocycles. The molecule has 18 heavy (non-hydrogen) atoms. The van der Waals surface area contributed by atoms with E-state index in [0.717, 1.165) is 0 Å². The molecule has 0 spiro atoms. The highest BCUT2D eigenvalue weighted by Gasteiger charge is 2.05. The molecule has 0 aliphatic carbocycles. The van der Waals surface area contributed by atoms with Crippen molar-refractivity contribution in [2.75, 3.05) is 18.9 Å². The maximum Gasteiger partial charge on any atom is 0.338 e. The third kappa shape index (κ3) is 5.95. The topological polar surface area (TPSA) is 117 Å². The molecule has 0 heterocycles. The number of nitrogens with two attached hydrogens (primary N) is 3. The second-order valence-corrected chi connectivity index (χ2v) is 3.42. The summed E-state index contributed by atoms with van der Waals surface area (Å²) in [6.45, 7) is 0.720. The Bertz CT molecular complexity index is 402.